The van der Waals surface area contributed by atoms with Crippen molar-refractivity contribution in [2.75, 3.05) is 0 Å². The number of hydrogen-bond acceptors (Lipinski definition) is 2. The predicted molar refractivity (Wildman–Crippen MR) is 151 cm³/mol. The van der Waals surface area contributed by atoms with Gasteiger partial charge in [-0.2, -0.15) is 0 Å². The van der Waals surface area contributed by atoms with Crippen molar-refractivity contribution in [1.82, 2.24) is 9.97 Å². The molecule has 0 unspecified atom stereocenters. The lowest BCUT2D eigenvalue weighted by Gasteiger charge is -2.12. The van der Waals surface area contributed by atoms with E-state index in [4.69, 9.17) is 0 Å². The highest BCUT2D eigenvalue weighted by Crippen LogP contribution is 2.25. The summed E-state index contributed by atoms with van der Waals surface area (Å²) >= 11 is 0. The van der Waals surface area contributed by atoms with Crippen LogP contribution in [0.2, 0.25) is 0 Å². The third-order valence-electron chi connectivity index (χ3n) is 6.97. The second kappa shape index (κ2) is 8.44. The van der Waals surface area contributed by atoms with Gasteiger partial charge >= 0.3 is 0 Å². The third kappa shape index (κ3) is 3.52. The van der Waals surface area contributed by atoms with Crippen LogP contribution in [0, 0.1) is 0 Å². The van der Waals surface area contributed by atoms with Gasteiger partial charge in [0.05, 0.1) is 0 Å². The number of rotatable bonds is 2. The smallest absolute Gasteiger partial charge is 0.0273 e. The Morgan fingerprint density at radius 1 is 0.389 bits per heavy atom. The molecule has 7 aromatic rings. The van der Waals surface area contributed by atoms with Gasteiger partial charge in [0.1, 0.15) is 0 Å². The fourth-order valence-electron chi connectivity index (χ4n) is 5.23. The lowest BCUT2D eigenvalue weighted by molar-refractivity contribution is 1.32. The number of hydrogen-bond donors (Lipinski definition) is 0. The average Bonchev–Trinajstić information content (AvgIpc) is 2.94. The minimum absolute atomic E-state index is 1.14. The highest BCUT2D eigenvalue weighted by atomic mass is 14.6. The van der Waals surface area contributed by atoms with Gasteiger partial charge in [-0.1, -0.05) is 48.5 Å². The zero-order chi connectivity index (χ0) is 23.9. The topological polar surface area (TPSA) is 25.8 Å². The lowest BCUT2D eigenvalue weighted by Crippen LogP contribution is -2.15. The fourth-order valence-corrected chi connectivity index (χ4v) is 5.23. The van der Waals surface area contributed by atoms with Gasteiger partial charge in [0, 0.05) is 24.8 Å². The first-order valence-corrected chi connectivity index (χ1v) is 12.1. The van der Waals surface area contributed by atoms with Gasteiger partial charge in [0.2, 0.25) is 0 Å². The van der Waals surface area contributed by atoms with Crippen LogP contribution in [0.4, 0.5) is 0 Å². The Balaban J connectivity index is 1.77. The summed E-state index contributed by atoms with van der Waals surface area (Å²) in [6.07, 6.45) is 12.0. The maximum Gasteiger partial charge on any atom is 0.0273 e. The van der Waals surface area contributed by atoms with E-state index in [0.29, 0.717) is 0 Å². The van der Waals surface area contributed by atoms with Crippen LogP contribution in [0.15, 0.2) is 122 Å². The van der Waals surface area contributed by atoms with Crippen molar-refractivity contribution in [3.8, 4) is 0 Å². The van der Waals surface area contributed by atoms with Gasteiger partial charge in [0.25, 0.3) is 0 Å². The SMILES string of the molecule is C(c1ccncc1)=c1c2cc3ccccc3cc2c(=Cc2ccncc2)c2cc3ccccc3cc12. The van der Waals surface area contributed by atoms with E-state index in [1.807, 2.05) is 24.8 Å². The number of pyridine rings is 2. The van der Waals surface area contributed by atoms with Crippen LogP contribution in [0.25, 0.3) is 55.2 Å². The van der Waals surface area contributed by atoms with Crippen molar-refractivity contribution < 1.29 is 0 Å². The average molecular weight is 459 g/mol. The molecule has 36 heavy (non-hydrogen) atoms. The van der Waals surface area contributed by atoms with Crippen LogP contribution in [0.3, 0.4) is 0 Å². The highest BCUT2D eigenvalue weighted by molar-refractivity contribution is 6.10. The van der Waals surface area contributed by atoms with Gasteiger partial charge in [-0.3, -0.25) is 9.97 Å². The first-order chi connectivity index (χ1) is 17.8. The molecule has 2 aromatic heterocycles. The molecule has 0 atom stereocenters. The van der Waals surface area contributed by atoms with Crippen LogP contribution in [0.1, 0.15) is 11.1 Å². The van der Waals surface area contributed by atoms with Gasteiger partial charge in [-0.25, -0.2) is 0 Å². The van der Waals surface area contributed by atoms with E-state index < -0.39 is 0 Å². The summed E-state index contributed by atoms with van der Waals surface area (Å²) in [5.41, 5.74) is 2.28. The third-order valence-corrected chi connectivity index (χ3v) is 6.97. The maximum absolute atomic E-state index is 4.22. The van der Waals surface area contributed by atoms with Gasteiger partial charge in [-0.05, 0) is 125 Å². The maximum atomic E-state index is 4.22. The fraction of sp³-hybridized carbons (Fsp3) is 0. The van der Waals surface area contributed by atoms with E-state index in [2.05, 4.69) is 119 Å². The first-order valence-electron chi connectivity index (χ1n) is 12.1. The van der Waals surface area contributed by atoms with Crippen molar-refractivity contribution >= 4 is 55.2 Å². The molecule has 0 aliphatic carbocycles. The van der Waals surface area contributed by atoms with Crippen molar-refractivity contribution in [3.63, 3.8) is 0 Å². The molecule has 0 aliphatic heterocycles. The van der Waals surface area contributed by atoms with E-state index >= 15 is 0 Å². The van der Waals surface area contributed by atoms with Crippen LogP contribution < -0.4 is 10.4 Å². The van der Waals surface area contributed by atoms with E-state index in [1.165, 1.54) is 53.5 Å². The van der Waals surface area contributed by atoms with Crippen molar-refractivity contribution in [2.24, 2.45) is 0 Å². The summed E-state index contributed by atoms with van der Waals surface area (Å²) in [5, 5.41) is 12.4. The normalized spacial score (nSPS) is 11.3. The molecule has 0 N–H and O–H groups in total. The molecular formula is C34H22N2. The molecule has 0 bridgehead atoms. The van der Waals surface area contributed by atoms with Crippen LogP contribution in [0.5, 0.6) is 0 Å². The van der Waals surface area contributed by atoms with Crippen molar-refractivity contribution in [3.05, 3.63) is 143 Å². The molecule has 168 valence electrons. The second-order valence-electron chi connectivity index (χ2n) is 9.17. The molecule has 0 radical (unpaired) electrons. The van der Waals surface area contributed by atoms with Crippen molar-refractivity contribution in [1.29, 1.82) is 0 Å². The lowest BCUT2D eigenvalue weighted by atomic mass is 9.92. The van der Waals surface area contributed by atoms with Crippen molar-refractivity contribution in [2.45, 2.75) is 0 Å². The molecule has 0 saturated carbocycles. The van der Waals surface area contributed by atoms with Gasteiger partial charge < -0.3 is 0 Å². The van der Waals surface area contributed by atoms with E-state index in [0.717, 1.165) is 11.1 Å². The van der Waals surface area contributed by atoms with Gasteiger partial charge in [0.15, 0.2) is 0 Å². The summed E-state index contributed by atoms with van der Waals surface area (Å²) in [7, 11) is 0. The number of aromatic nitrogens is 2. The number of nitrogens with zero attached hydrogens (tertiary/aromatic N) is 2. The molecule has 2 nitrogen and oxygen atoms in total. The van der Waals surface area contributed by atoms with Crippen LogP contribution in [-0.4, -0.2) is 9.97 Å². The minimum atomic E-state index is 1.14. The summed E-state index contributed by atoms with van der Waals surface area (Å²) in [6, 6.07) is 34.9. The quantitative estimate of drug-likeness (QED) is 0.268. The highest BCUT2D eigenvalue weighted by Gasteiger charge is 2.10. The Hall–Kier alpha value is -4.82. The molecule has 0 amide bonds. The Morgan fingerprint density at radius 3 is 1.00 bits per heavy atom. The molecule has 0 aliphatic rings. The zero-order valence-corrected chi connectivity index (χ0v) is 19.6. The summed E-state index contributed by atoms with van der Waals surface area (Å²) in [6.45, 7) is 0. The van der Waals surface area contributed by atoms with Gasteiger partial charge in [-0.15, -0.1) is 0 Å². The second-order valence-corrected chi connectivity index (χ2v) is 9.17. The Morgan fingerprint density at radius 2 is 0.694 bits per heavy atom. The van der Waals surface area contributed by atoms with E-state index in [-0.39, 0.29) is 0 Å². The molecule has 2 heterocycles. The monoisotopic (exact) mass is 458 g/mol. The van der Waals surface area contributed by atoms with Crippen LogP contribution in [-0.2, 0) is 0 Å². The van der Waals surface area contributed by atoms with E-state index in [1.54, 1.807) is 0 Å². The summed E-state index contributed by atoms with van der Waals surface area (Å²) in [5.74, 6) is 0. The molecule has 2 heteroatoms. The largest absolute Gasteiger partial charge is 0.265 e. The Bertz CT molecular complexity index is 1780. The Kier molecular flexibility index (Phi) is 4.82. The molecule has 0 spiro atoms. The first kappa shape index (κ1) is 20.5. The molecule has 0 saturated heterocycles. The number of fused-ring (bicyclic) bond motifs is 4. The minimum Gasteiger partial charge on any atom is -0.265 e. The molecule has 7 rings (SSSR count). The summed E-state index contributed by atoms with van der Waals surface area (Å²) in [4.78, 5) is 8.45. The number of benzene rings is 5. The predicted octanol–water partition coefficient (Wildman–Crippen LogP) is 6.75. The molecule has 5 aromatic carbocycles. The summed E-state index contributed by atoms with van der Waals surface area (Å²) < 4.78 is 0. The molecular weight excluding hydrogens is 436 g/mol. The van der Waals surface area contributed by atoms with E-state index in [9.17, 15) is 0 Å². The molecule has 0 fully saturated rings. The Labute approximate surface area is 208 Å². The van der Waals surface area contributed by atoms with Crippen LogP contribution >= 0.6 is 0 Å². The zero-order valence-electron chi connectivity index (χ0n) is 19.6. The standard InChI is InChI=1S/C34H22N2/c1-2-6-26-20-32-30(18-24-11-15-36-16-12-24)34-22-28-8-4-3-7-27(28)21-33(34)29(31(32)19-25(26)5-1)17-23-9-13-35-14-10-23/h1-22H.